The van der Waals surface area contributed by atoms with Gasteiger partial charge in [0.2, 0.25) is 11.8 Å². The monoisotopic (exact) mass is 387 g/mol. The average molecular weight is 387 g/mol. The number of fused-ring (bicyclic) bond motifs is 6. The smallest absolute Gasteiger partial charge is 0.245 e. The van der Waals surface area contributed by atoms with Gasteiger partial charge in [-0.15, -0.1) is 0 Å². The molecule has 5 heteroatoms. The quantitative estimate of drug-likeness (QED) is 0.745. The fourth-order valence-electron chi connectivity index (χ4n) is 5.03. The van der Waals surface area contributed by atoms with Crippen molar-refractivity contribution in [1.29, 1.82) is 0 Å². The summed E-state index contributed by atoms with van der Waals surface area (Å²) in [5.74, 6) is 0.0574. The van der Waals surface area contributed by atoms with E-state index in [2.05, 4.69) is 29.2 Å². The molecule has 1 aromatic heterocycles. The van der Waals surface area contributed by atoms with Crippen molar-refractivity contribution >= 4 is 22.7 Å². The van der Waals surface area contributed by atoms with Gasteiger partial charge in [-0.25, -0.2) is 0 Å². The first kappa shape index (κ1) is 18.0. The van der Waals surface area contributed by atoms with Crippen LogP contribution in [-0.2, 0) is 22.4 Å². The number of carbonyl (C=O) groups is 2. The van der Waals surface area contributed by atoms with E-state index in [9.17, 15) is 9.59 Å². The van der Waals surface area contributed by atoms with Crippen molar-refractivity contribution in [3.8, 4) is 0 Å². The summed E-state index contributed by atoms with van der Waals surface area (Å²) in [4.78, 5) is 33.0. The summed E-state index contributed by atoms with van der Waals surface area (Å²) in [6.45, 7) is 2.86. The molecule has 1 fully saturated rings. The molecule has 5 rings (SSSR count). The van der Waals surface area contributed by atoms with Crippen LogP contribution in [0.3, 0.4) is 0 Å². The molecule has 3 heterocycles. The summed E-state index contributed by atoms with van der Waals surface area (Å²) >= 11 is 0. The Bertz CT molecular complexity index is 1070. The van der Waals surface area contributed by atoms with Crippen molar-refractivity contribution in [3.63, 3.8) is 0 Å². The molecule has 3 aromatic rings. The number of aromatic nitrogens is 1. The Morgan fingerprint density at radius 2 is 1.83 bits per heavy atom. The van der Waals surface area contributed by atoms with Crippen LogP contribution in [0.4, 0.5) is 0 Å². The molecule has 2 atom stereocenters. The van der Waals surface area contributed by atoms with Crippen LogP contribution >= 0.6 is 0 Å². The summed E-state index contributed by atoms with van der Waals surface area (Å²) in [5.41, 5.74) is 4.67. The number of para-hydroxylation sites is 1. The minimum atomic E-state index is -0.394. The molecule has 2 aromatic carbocycles. The van der Waals surface area contributed by atoms with Gasteiger partial charge in [0.15, 0.2) is 0 Å². The molecule has 2 aliphatic rings. The summed E-state index contributed by atoms with van der Waals surface area (Å²) in [6.07, 6.45) is 2.46. The van der Waals surface area contributed by atoms with Gasteiger partial charge in [0.05, 0.1) is 6.04 Å². The molecule has 29 heavy (non-hydrogen) atoms. The molecular weight excluding hydrogens is 362 g/mol. The Balaban J connectivity index is 1.42. The van der Waals surface area contributed by atoms with Gasteiger partial charge < -0.3 is 14.8 Å². The maximum absolute atomic E-state index is 13.3. The molecule has 0 aliphatic carbocycles. The first-order chi connectivity index (χ1) is 14.1. The number of nitrogens with one attached hydrogen (secondary N) is 1. The maximum Gasteiger partial charge on any atom is 0.245 e. The van der Waals surface area contributed by atoms with E-state index in [4.69, 9.17) is 0 Å². The van der Waals surface area contributed by atoms with Gasteiger partial charge in [-0.05, 0) is 30.0 Å². The number of nitrogens with zero attached hydrogens (tertiary/aromatic N) is 2. The standard InChI is InChI=1S/C24H25N3O2/c1-16(28)27-21-14-19-18-11-5-6-12-20(18)25-23(19)22(27)15-26(24(21)29)13-7-10-17-8-3-2-4-9-17/h2-6,8-9,11-12,21-22,25H,7,10,13-15H2,1H3/t21?,22-/m1/s1. The molecule has 0 spiro atoms. The molecule has 1 N–H and O–H groups in total. The lowest BCUT2D eigenvalue weighted by Crippen LogP contribution is -2.62. The van der Waals surface area contributed by atoms with Crippen molar-refractivity contribution < 1.29 is 9.59 Å². The van der Waals surface area contributed by atoms with Gasteiger partial charge in [0.25, 0.3) is 0 Å². The van der Waals surface area contributed by atoms with Crippen LogP contribution in [0.1, 0.15) is 36.2 Å². The van der Waals surface area contributed by atoms with E-state index in [1.165, 1.54) is 16.5 Å². The van der Waals surface area contributed by atoms with E-state index in [1.54, 1.807) is 11.8 Å². The molecule has 1 unspecified atom stereocenters. The SMILES string of the molecule is CC(=O)N1C2Cc3c([nH]c4ccccc34)[C@H]1CN(CCCc1ccccc1)C2=O. The lowest BCUT2D eigenvalue weighted by atomic mass is 9.87. The highest BCUT2D eigenvalue weighted by atomic mass is 16.2. The Morgan fingerprint density at radius 1 is 1.07 bits per heavy atom. The minimum absolute atomic E-state index is 0.0263. The first-order valence-corrected chi connectivity index (χ1v) is 10.3. The van der Waals surface area contributed by atoms with Gasteiger partial charge in [-0.3, -0.25) is 9.59 Å². The first-order valence-electron chi connectivity index (χ1n) is 10.3. The van der Waals surface area contributed by atoms with Gasteiger partial charge in [0.1, 0.15) is 6.04 Å². The molecular formula is C24H25N3O2. The summed E-state index contributed by atoms with van der Waals surface area (Å²) in [5, 5.41) is 1.17. The normalized spacial score (nSPS) is 20.8. The number of rotatable bonds is 4. The molecule has 2 aliphatic heterocycles. The van der Waals surface area contributed by atoms with Crippen LogP contribution in [0.15, 0.2) is 54.6 Å². The fraction of sp³-hybridized carbons (Fsp3) is 0.333. The highest BCUT2D eigenvalue weighted by Crippen LogP contribution is 2.40. The van der Waals surface area contributed by atoms with Gasteiger partial charge >= 0.3 is 0 Å². The zero-order valence-electron chi connectivity index (χ0n) is 16.6. The zero-order valence-corrected chi connectivity index (χ0v) is 16.6. The Kier molecular flexibility index (Phi) is 4.38. The lowest BCUT2D eigenvalue weighted by molar-refractivity contribution is -0.156. The van der Waals surface area contributed by atoms with E-state index in [1.807, 2.05) is 35.2 Å². The Hall–Kier alpha value is -3.08. The second kappa shape index (κ2) is 7.07. The van der Waals surface area contributed by atoms with Crippen LogP contribution in [0.5, 0.6) is 0 Å². The van der Waals surface area contributed by atoms with E-state index in [0.29, 0.717) is 13.0 Å². The molecule has 1 saturated heterocycles. The van der Waals surface area contributed by atoms with Crippen LogP contribution in [-0.4, -0.2) is 45.7 Å². The summed E-state index contributed by atoms with van der Waals surface area (Å²) in [7, 11) is 0. The molecule has 0 saturated carbocycles. The highest BCUT2D eigenvalue weighted by molar-refractivity contribution is 5.93. The molecule has 0 radical (unpaired) electrons. The van der Waals surface area contributed by atoms with Crippen LogP contribution in [0.2, 0.25) is 0 Å². The number of carbonyl (C=O) groups excluding carboxylic acids is 2. The van der Waals surface area contributed by atoms with Crippen molar-refractivity contribution in [2.75, 3.05) is 13.1 Å². The lowest BCUT2D eigenvalue weighted by Gasteiger charge is -2.48. The third-order valence-corrected chi connectivity index (χ3v) is 6.34. The highest BCUT2D eigenvalue weighted by Gasteiger charge is 2.47. The predicted molar refractivity (Wildman–Crippen MR) is 112 cm³/mol. The second-order valence-electron chi connectivity index (χ2n) is 8.10. The number of hydrogen-bond acceptors (Lipinski definition) is 2. The summed E-state index contributed by atoms with van der Waals surface area (Å²) < 4.78 is 0. The third kappa shape index (κ3) is 3.01. The van der Waals surface area contributed by atoms with E-state index in [-0.39, 0.29) is 17.9 Å². The van der Waals surface area contributed by atoms with Crippen molar-refractivity contribution in [2.45, 2.75) is 38.3 Å². The molecule has 148 valence electrons. The topological polar surface area (TPSA) is 56.4 Å². The number of aryl methyl sites for hydroxylation is 1. The average Bonchev–Trinajstić information content (AvgIpc) is 3.10. The van der Waals surface area contributed by atoms with Crippen molar-refractivity contribution in [2.24, 2.45) is 0 Å². The van der Waals surface area contributed by atoms with Crippen LogP contribution in [0, 0.1) is 0 Å². The van der Waals surface area contributed by atoms with Crippen LogP contribution < -0.4 is 0 Å². The van der Waals surface area contributed by atoms with Crippen LogP contribution in [0.25, 0.3) is 10.9 Å². The molecule has 2 amide bonds. The predicted octanol–water partition coefficient (Wildman–Crippen LogP) is 3.46. The van der Waals surface area contributed by atoms with Crippen molar-refractivity contribution in [3.05, 3.63) is 71.4 Å². The number of aromatic amines is 1. The van der Waals surface area contributed by atoms with Gasteiger partial charge in [-0.2, -0.15) is 0 Å². The maximum atomic E-state index is 13.3. The number of H-pyrrole nitrogens is 1. The largest absolute Gasteiger partial charge is 0.356 e. The van der Waals surface area contributed by atoms with E-state index in [0.717, 1.165) is 30.6 Å². The second-order valence-corrected chi connectivity index (χ2v) is 8.10. The zero-order chi connectivity index (χ0) is 20.0. The van der Waals surface area contributed by atoms with Gasteiger partial charge in [0, 0.05) is 43.0 Å². The summed E-state index contributed by atoms with van der Waals surface area (Å²) in [6, 6.07) is 18.1. The number of piperazine rings is 1. The Morgan fingerprint density at radius 3 is 2.62 bits per heavy atom. The minimum Gasteiger partial charge on any atom is -0.356 e. The fourth-order valence-corrected chi connectivity index (χ4v) is 5.03. The van der Waals surface area contributed by atoms with E-state index >= 15 is 0 Å². The third-order valence-electron chi connectivity index (χ3n) is 6.34. The number of amides is 2. The number of benzene rings is 2. The van der Waals surface area contributed by atoms with Crippen molar-refractivity contribution in [1.82, 2.24) is 14.8 Å². The molecule has 2 bridgehead atoms. The molecule has 5 nitrogen and oxygen atoms in total. The Labute approximate surface area is 170 Å². The van der Waals surface area contributed by atoms with Gasteiger partial charge in [-0.1, -0.05) is 48.5 Å². The number of hydrogen-bond donors (Lipinski definition) is 1. The van der Waals surface area contributed by atoms with E-state index < -0.39 is 6.04 Å².